The molecule has 1 saturated carbocycles. The summed E-state index contributed by atoms with van der Waals surface area (Å²) in [6.07, 6.45) is 3.67. The van der Waals surface area contributed by atoms with Gasteiger partial charge in [-0.15, -0.1) is 0 Å². The van der Waals surface area contributed by atoms with Gasteiger partial charge >= 0.3 is 5.63 Å². The molecule has 1 aromatic heterocycles. The van der Waals surface area contributed by atoms with Gasteiger partial charge in [0.2, 0.25) is 0 Å². The van der Waals surface area contributed by atoms with Gasteiger partial charge in [-0.3, -0.25) is 0 Å². The molecule has 1 aliphatic carbocycles. The van der Waals surface area contributed by atoms with Gasteiger partial charge in [0.15, 0.2) is 0 Å². The van der Waals surface area contributed by atoms with E-state index in [2.05, 4.69) is 0 Å². The maximum Gasteiger partial charge on any atom is 0.343 e. The Kier molecular flexibility index (Phi) is 7.29. The molecule has 0 bridgehead atoms. The first kappa shape index (κ1) is 20.6. The molecule has 2 aromatic rings. The number of benzene rings is 1. The van der Waals surface area contributed by atoms with E-state index in [0.29, 0.717) is 37.1 Å². The van der Waals surface area contributed by atoms with Crippen LogP contribution in [0.15, 0.2) is 45.6 Å². The fourth-order valence-electron chi connectivity index (χ4n) is 3.78. The fraction of sp³-hybridized carbons (Fsp3) is 0.522. The second-order valence-electron chi connectivity index (χ2n) is 7.46. The normalized spacial score (nSPS) is 16.1. The number of hydrogen-bond acceptors (Lipinski definition) is 5. The van der Waals surface area contributed by atoms with E-state index in [4.69, 9.17) is 13.9 Å². The van der Waals surface area contributed by atoms with Gasteiger partial charge < -0.3 is 19.0 Å². The van der Waals surface area contributed by atoms with Crippen LogP contribution in [0, 0.1) is 5.92 Å². The van der Waals surface area contributed by atoms with Crippen LogP contribution in [0.3, 0.4) is 0 Å². The maximum atomic E-state index is 12.9. The van der Waals surface area contributed by atoms with Crippen LogP contribution in [0.5, 0.6) is 5.75 Å². The Morgan fingerprint density at radius 3 is 2.54 bits per heavy atom. The summed E-state index contributed by atoms with van der Waals surface area (Å²) in [4.78, 5) is 12.9. The molecule has 0 radical (unpaired) electrons. The van der Waals surface area contributed by atoms with Crippen LogP contribution in [0.2, 0.25) is 0 Å². The van der Waals surface area contributed by atoms with Gasteiger partial charge in [0.05, 0.1) is 18.8 Å². The lowest BCUT2D eigenvalue weighted by molar-refractivity contribution is 0.0659. The molecule has 5 nitrogen and oxygen atoms in total. The summed E-state index contributed by atoms with van der Waals surface area (Å²) in [6.45, 7) is 3.70. The number of ether oxygens (including phenoxy) is 2. The Morgan fingerprint density at radius 2 is 1.93 bits per heavy atom. The lowest BCUT2D eigenvalue weighted by atomic mass is 9.87. The smallest absolute Gasteiger partial charge is 0.343 e. The topological polar surface area (TPSA) is 68.9 Å². The van der Waals surface area contributed by atoms with E-state index in [1.165, 1.54) is 0 Å². The van der Waals surface area contributed by atoms with E-state index in [1.807, 2.05) is 37.3 Å². The highest BCUT2D eigenvalue weighted by Crippen LogP contribution is 2.47. The first-order valence-electron chi connectivity index (χ1n) is 10.1. The van der Waals surface area contributed by atoms with Gasteiger partial charge in [0.25, 0.3) is 0 Å². The third-order valence-electron chi connectivity index (χ3n) is 5.49. The van der Waals surface area contributed by atoms with Crippen LogP contribution in [0.1, 0.15) is 61.3 Å². The molecule has 0 spiro atoms. The highest BCUT2D eigenvalue weighted by atomic mass is 16.5. The van der Waals surface area contributed by atoms with E-state index in [1.54, 1.807) is 13.2 Å². The van der Waals surface area contributed by atoms with Crippen molar-refractivity contribution in [3.8, 4) is 5.75 Å². The zero-order chi connectivity index (χ0) is 19.9. The Balaban J connectivity index is 1.81. The minimum absolute atomic E-state index is 0.0336. The minimum atomic E-state index is -0.422. The Morgan fingerprint density at radius 1 is 1.18 bits per heavy atom. The van der Waals surface area contributed by atoms with Crippen molar-refractivity contribution in [1.29, 1.82) is 0 Å². The van der Waals surface area contributed by atoms with Gasteiger partial charge in [-0.1, -0.05) is 37.3 Å². The van der Waals surface area contributed by atoms with Crippen LogP contribution in [-0.4, -0.2) is 32.0 Å². The maximum absolute atomic E-state index is 12.9. The van der Waals surface area contributed by atoms with Gasteiger partial charge in [0, 0.05) is 31.6 Å². The van der Waals surface area contributed by atoms with E-state index in [-0.39, 0.29) is 17.6 Å². The molecule has 2 atom stereocenters. The molecule has 1 N–H and O–H groups in total. The highest BCUT2D eigenvalue weighted by Gasteiger charge is 2.37. The van der Waals surface area contributed by atoms with Crippen LogP contribution in [-0.2, 0) is 9.47 Å². The minimum Gasteiger partial charge on any atom is -0.507 e. The van der Waals surface area contributed by atoms with Crippen LogP contribution in [0.25, 0.3) is 0 Å². The summed E-state index contributed by atoms with van der Waals surface area (Å²) in [6, 6.07) is 11.6. The number of hydrogen-bond donors (Lipinski definition) is 1. The van der Waals surface area contributed by atoms with Crippen molar-refractivity contribution < 1.29 is 19.0 Å². The van der Waals surface area contributed by atoms with E-state index < -0.39 is 5.63 Å². The number of rotatable bonds is 11. The van der Waals surface area contributed by atoms with Crippen molar-refractivity contribution in [3.05, 3.63) is 63.7 Å². The molecule has 152 valence electrons. The third kappa shape index (κ3) is 5.03. The summed E-state index contributed by atoms with van der Waals surface area (Å²) < 4.78 is 16.2. The Bertz CT molecular complexity index is 794. The first-order valence-corrected chi connectivity index (χ1v) is 10.1. The van der Waals surface area contributed by atoms with E-state index in [0.717, 1.165) is 31.2 Å². The van der Waals surface area contributed by atoms with E-state index in [9.17, 15) is 9.90 Å². The molecule has 1 fully saturated rings. The summed E-state index contributed by atoms with van der Waals surface area (Å²) >= 11 is 0. The Hall–Kier alpha value is -2.11. The third-order valence-corrected chi connectivity index (χ3v) is 5.49. The molecule has 0 saturated heterocycles. The monoisotopic (exact) mass is 386 g/mol. The molecule has 28 heavy (non-hydrogen) atoms. The van der Waals surface area contributed by atoms with Crippen molar-refractivity contribution in [3.63, 3.8) is 0 Å². The molecule has 0 aliphatic heterocycles. The van der Waals surface area contributed by atoms with Crippen LogP contribution >= 0.6 is 0 Å². The first-order chi connectivity index (χ1) is 13.7. The van der Waals surface area contributed by atoms with Crippen molar-refractivity contribution in [2.45, 2.75) is 44.4 Å². The largest absolute Gasteiger partial charge is 0.507 e. The van der Waals surface area contributed by atoms with Crippen molar-refractivity contribution >= 4 is 0 Å². The molecule has 1 heterocycles. The zero-order valence-electron chi connectivity index (χ0n) is 16.7. The van der Waals surface area contributed by atoms with Crippen LogP contribution < -0.4 is 5.63 Å². The SMILES string of the molecule is CCC(CCOCCOC)c1cc(O)c(C(c2ccccc2)C2CC2)c(=O)o1. The van der Waals surface area contributed by atoms with Crippen molar-refractivity contribution in [2.24, 2.45) is 5.92 Å². The second kappa shape index (κ2) is 9.89. The molecule has 2 unspecified atom stereocenters. The molecule has 3 rings (SSSR count). The average Bonchev–Trinajstić information content (AvgIpc) is 3.53. The predicted molar refractivity (Wildman–Crippen MR) is 108 cm³/mol. The van der Waals surface area contributed by atoms with Crippen molar-refractivity contribution in [2.75, 3.05) is 26.9 Å². The summed E-state index contributed by atoms with van der Waals surface area (Å²) in [5.74, 6) is 0.894. The predicted octanol–water partition coefficient (Wildman–Crippen LogP) is 4.43. The van der Waals surface area contributed by atoms with E-state index >= 15 is 0 Å². The lowest BCUT2D eigenvalue weighted by Crippen LogP contribution is -2.17. The molecule has 1 aliphatic rings. The summed E-state index contributed by atoms with van der Waals surface area (Å²) in [5, 5.41) is 10.8. The molecule has 1 aromatic carbocycles. The fourth-order valence-corrected chi connectivity index (χ4v) is 3.78. The summed E-state index contributed by atoms with van der Waals surface area (Å²) in [5.41, 5.74) is 1.03. The van der Waals surface area contributed by atoms with Gasteiger partial charge in [-0.05, 0) is 37.2 Å². The standard InChI is InChI=1S/C23H30O5/c1-3-16(11-12-27-14-13-26-2)20-15-19(24)22(23(25)28-20)21(18-9-10-18)17-7-5-4-6-8-17/h4-8,15-16,18,21,24H,3,9-14H2,1-2H3. The summed E-state index contributed by atoms with van der Waals surface area (Å²) in [7, 11) is 1.64. The molecule has 5 heteroatoms. The Labute approximate surface area is 166 Å². The lowest BCUT2D eigenvalue weighted by Gasteiger charge is -2.19. The van der Waals surface area contributed by atoms with Gasteiger partial charge in [0.1, 0.15) is 11.5 Å². The highest BCUT2D eigenvalue weighted by molar-refractivity contribution is 5.41. The second-order valence-corrected chi connectivity index (χ2v) is 7.46. The quantitative estimate of drug-likeness (QED) is 0.579. The zero-order valence-corrected chi connectivity index (χ0v) is 16.7. The van der Waals surface area contributed by atoms with Gasteiger partial charge in [-0.2, -0.15) is 0 Å². The van der Waals surface area contributed by atoms with Crippen LogP contribution in [0.4, 0.5) is 0 Å². The number of aromatic hydroxyl groups is 1. The number of methoxy groups -OCH3 is 1. The van der Waals surface area contributed by atoms with Gasteiger partial charge in [-0.25, -0.2) is 4.79 Å². The average molecular weight is 386 g/mol. The molecular formula is C23H30O5. The molecule has 0 amide bonds. The van der Waals surface area contributed by atoms with Crippen molar-refractivity contribution in [1.82, 2.24) is 0 Å². The molecular weight excluding hydrogens is 356 g/mol.